The molecule has 0 saturated carbocycles. The van der Waals surface area contributed by atoms with Crippen LogP contribution >= 0.6 is 0 Å². The van der Waals surface area contributed by atoms with Gasteiger partial charge in [0, 0.05) is 55.0 Å². The molecule has 2 aliphatic heterocycles. The number of ether oxygens (including phenoxy) is 2. The minimum absolute atomic E-state index is 0.369. The van der Waals surface area contributed by atoms with Crippen LogP contribution in [0.2, 0.25) is 0 Å². The number of fused-ring (bicyclic) bond motifs is 1. The summed E-state index contributed by atoms with van der Waals surface area (Å²) in [6.45, 7) is 5.96. The number of aromatic amines is 1. The Balaban J connectivity index is 1.54. The number of nitrogens with one attached hydrogen (secondary N) is 1. The van der Waals surface area contributed by atoms with E-state index < -0.39 is 0 Å². The summed E-state index contributed by atoms with van der Waals surface area (Å²) in [5.41, 5.74) is 5.53. The third kappa shape index (κ3) is 3.34. The summed E-state index contributed by atoms with van der Waals surface area (Å²) in [7, 11) is 1.79. The molecule has 1 N–H and O–H groups in total. The van der Waals surface area contributed by atoms with Crippen LogP contribution in [-0.2, 0) is 11.3 Å². The van der Waals surface area contributed by atoms with Gasteiger partial charge in [-0.3, -0.25) is 4.90 Å². The van der Waals surface area contributed by atoms with Crippen LogP contribution in [0.25, 0.3) is 10.9 Å². The molecule has 0 radical (unpaired) electrons. The van der Waals surface area contributed by atoms with E-state index in [1.807, 2.05) is 6.20 Å². The molecule has 5 rings (SSSR count). The number of aryl methyl sites for hydroxylation is 1. The molecule has 2 fully saturated rings. The molecule has 29 heavy (non-hydrogen) atoms. The highest BCUT2D eigenvalue weighted by atomic mass is 16.5. The van der Waals surface area contributed by atoms with Crippen molar-refractivity contribution in [3.63, 3.8) is 0 Å². The molecule has 1 spiro atoms. The highest BCUT2D eigenvalue weighted by molar-refractivity contribution is 5.88. The van der Waals surface area contributed by atoms with Crippen LogP contribution in [0, 0.1) is 12.3 Å². The first-order valence-corrected chi connectivity index (χ1v) is 10.7. The van der Waals surface area contributed by atoms with Gasteiger partial charge in [0.15, 0.2) is 0 Å². The zero-order valence-corrected chi connectivity index (χ0v) is 17.4. The first kappa shape index (κ1) is 18.7. The monoisotopic (exact) mass is 390 g/mol. The van der Waals surface area contributed by atoms with E-state index in [2.05, 4.69) is 59.3 Å². The average Bonchev–Trinajstić information content (AvgIpc) is 3.37. The lowest BCUT2D eigenvalue weighted by atomic mass is 9.77. The normalized spacial score (nSPS) is 21.8. The van der Waals surface area contributed by atoms with Gasteiger partial charge in [0.1, 0.15) is 5.75 Å². The van der Waals surface area contributed by atoms with Gasteiger partial charge in [0.05, 0.1) is 7.11 Å². The second-order valence-electron chi connectivity index (χ2n) is 8.79. The molecule has 1 aromatic heterocycles. The molecule has 1 unspecified atom stereocenters. The molecule has 3 heterocycles. The highest BCUT2D eigenvalue weighted by Crippen LogP contribution is 2.49. The molecule has 4 heteroatoms. The van der Waals surface area contributed by atoms with Crippen molar-refractivity contribution in [2.24, 2.45) is 5.41 Å². The van der Waals surface area contributed by atoms with E-state index in [0.29, 0.717) is 11.5 Å². The maximum atomic E-state index is 5.83. The molecule has 2 aromatic carbocycles. The molecule has 152 valence electrons. The summed E-state index contributed by atoms with van der Waals surface area (Å²) in [5.74, 6) is 0.995. The fraction of sp³-hybridized carbons (Fsp3) is 0.440. The lowest BCUT2D eigenvalue weighted by Crippen LogP contribution is -2.33. The fourth-order valence-corrected chi connectivity index (χ4v) is 5.47. The van der Waals surface area contributed by atoms with Crippen LogP contribution in [0.1, 0.15) is 42.0 Å². The Morgan fingerprint density at radius 2 is 1.97 bits per heavy atom. The number of hydrogen-bond acceptors (Lipinski definition) is 3. The van der Waals surface area contributed by atoms with Gasteiger partial charge in [-0.25, -0.2) is 0 Å². The first-order valence-electron chi connectivity index (χ1n) is 10.7. The molecule has 0 aliphatic carbocycles. The molecular formula is C25H30N2O2. The number of rotatable bonds is 4. The summed E-state index contributed by atoms with van der Waals surface area (Å²) in [6.07, 6.45) is 5.58. The first-order chi connectivity index (χ1) is 14.2. The van der Waals surface area contributed by atoms with Crippen molar-refractivity contribution in [3.8, 4) is 5.75 Å². The molecule has 0 amide bonds. The minimum atomic E-state index is 0.369. The third-order valence-electron chi connectivity index (χ3n) is 7.04. The van der Waals surface area contributed by atoms with Crippen LogP contribution in [-0.4, -0.2) is 36.8 Å². The van der Waals surface area contributed by atoms with Crippen LogP contribution in [0.5, 0.6) is 5.75 Å². The van der Waals surface area contributed by atoms with E-state index in [4.69, 9.17) is 9.47 Å². The van der Waals surface area contributed by atoms with Crippen molar-refractivity contribution in [2.45, 2.75) is 38.8 Å². The summed E-state index contributed by atoms with van der Waals surface area (Å²) in [6, 6.07) is 15.8. The van der Waals surface area contributed by atoms with Gasteiger partial charge in [0.25, 0.3) is 0 Å². The van der Waals surface area contributed by atoms with Gasteiger partial charge in [0.2, 0.25) is 0 Å². The van der Waals surface area contributed by atoms with E-state index >= 15 is 0 Å². The second-order valence-corrected chi connectivity index (χ2v) is 8.79. The summed E-state index contributed by atoms with van der Waals surface area (Å²) in [4.78, 5) is 6.09. The van der Waals surface area contributed by atoms with Crippen LogP contribution in [0.3, 0.4) is 0 Å². The standard InChI is InChI=1S/C25H30N2O2/c1-18-14-23(28-2)21(20-8-11-26-24(18)20)16-27-17-25(9-12-29-13-10-25)15-22(27)19-6-4-3-5-7-19/h3-8,11,14,22,26H,9-10,12-13,15-17H2,1-2H3. The highest BCUT2D eigenvalue weighted by Gasteiger charge is 2.45. The number of methoxy groups -OCH3 is 1. The lowest BCUT2D eigenvalue weighted by molar-refractivity contribution is 0.0189. The summed E-state index contributed by atoms with van der Waals surface area (Å²) < 4.78 is 11.5. The number of nitrogens with zero attached hydrogens (tertiary/aromatic N) is 1. The Bertz CT molecular complexity index is 989. The van der Waals surface area contributed by atoms with Crippen molar-refractivity contribution in [1.82, 2.24) is 9.88 Å². The van der Waals surface area contributed by atoms with Crippen molar-refractivity contribution in [2.75, 3.05) is 26.9 Å². The molecule has 2 saturated heterocycles. The van der Waals surface area contributed by atoms with Gasteiger partial charge < -0.3 is 14.5 Å². The van der Waals surface area contributed by atoms with Crippen LogP contribution in [0.15, 0.2) is 48.7 Å². The Morgan fingerprint density at radius 3 is 2.72 bits per heavy atom. The number of H-pyrrole nitrogens is 1. The summed E-state index contributed by atoms with van der Waals surface area (Å²) in [5, 5.41) is 1.28. The van der Waals surface area contributed by atoms with E-state index in [1.165, 1.54) is 34.0 Å². The van der Waals surface area contributed by atoms with Crippen molar-refractivity contribution in [1.29, 1.82) is 0 Å². The summed E-state index contributed by atoms with van der Waals surface area (Å²) >= 11 is 0. The number of hydrogen-bond donors (Lipinski definition) is 1. The second kappa shape index (κ2) is 7.51. The predicted molar refractivity (Wildman–Crippen MR) is 116 cm³/mol. The molecule has 2 aliphatic rings. The third-order valence-corrected chi connectivity index (χ3v) is 7.04. The van der Waals surface area contributed by atoms with Gasteiger partial charge in [-0.1, -0.05) is 30.3 Å². The lowest BCUT2D eigenvalue weighted by Gasteiger charge is -2.33. The minimum Gasteiger partial charge on any atom is -0.496 e. The number of aromatic nitrogens is 1. The Morgan fingerprint density at radius 1 is 1.17 bits per heavy atom. The van der Waals surface area contributed by atoms with Crippen molar-refractivity contribution >= 4 is 10.9 Å². The SMILES string of the molecule is COc1cc(C)c2[nH]ccc2c1CN1CC2(CCOCC2)CC1c1ccccc1. The van der Waals surface area contributed by atoms with Crippen LogP contribution < -0.4 is 4.74 Å². The smallest absolute Gasteiger partial charge is 0.124 e. The zero-order chi connectivity index (χ0) is 19.8. The topological polar surface area (TPSA) is 37.5 Å². The van der Waals surface area contributed by atoms with Gasteiger partial charge in [-0.15, -0.1) is 0 Å². The van der Waals surface area contributed by atoms with E-state index in [-0.39, 0.29) is 0 Å². The van der Waals surface area contributed by atoms with E-state index in [1.54, 1.807) is 7.11 Å². The molecular weight excluding hydrogens is 360 g/mol. The molecule has 1 atom stereocenters. The van der Waals surface area contributed by atoms with Crippen LogP contribution in [0.4, 0.5) is 0 Å². The predicted octanol–water partition coefficient (Wildman–Crippen LogP) is 5.23. The average molecular weight is 391 g/mol. The largest absolute Gasteiger partial charge is 0.496 e. The zero-order valence-electron chi connectivity index (χ0n) is 17.4. The van der Waals surface area contributed by atoms with E-state index in [0.717, 1.165) is 44.9 Å². The van der Waals surface area contributed by atoms with Crippen molar-refractivity contribution in [3.05, 3.63) is 65.4 Å². The van der Waals surface area contributed by atoms with Crippen molar-refractivity contribution < 1.29 is 9.47 Å². The molecule has 0 bridgehead atoms. The maximum Gasteiger partial charge on any atom is 0.124 e. The Kier molecular flexibility index (Phi) is 4.84. The van der Waals surface area contributed by atoms with E-state index in [9.17, 15) is 0 Å². The Hall–Kier alpha value is -2.30. The molecule has 4 nitrogen and oxygen atoms in total. The Labute approximate surface area is 172 Å². The quantitative estimate of drug-likeness (QED) is 0.663. The number of benzene rings is 2. The van der Waals surface area contributed by atoms with Gasteiger partial charge in [-0.2, -0.15) is 0 Å². The van der Waals surface area contributed by atoms with Gasteiger partial charge >= 0.3 is 0 Å². The fourth-order valence-electron chi connectivity index (χ4n) is 5.47. The van der Waals surface area contributed by atoms with Gasteiger partial charge in [-0.05, 0) is 54.9 Å². The number of likely N-dealkylation sites (tertiary alicyclic amines) is 1. The molecule has 3 aromatic rings. The maximum absolute atomic E-state index is 5.83.